The molecule has 0 N–H and O–H groups in total. The Balaban J connectivity index is 1.29. The fraction of sp³-hybridized carbons (Fsp3) is 0. The van der Waals surface area contributed by atoms with Gasteiger partial charge in [0.1, 0.15) is 0 Å². The molecule has 0 radical (unpaired) electrons. The zero-order valence-electron chi connectivity index (χ0n) is 23.8. The molecular weight excluding hydrogens is 553 g/mol. The molecule has 206 valence electrons. The van der Waals surface area contributed by atoms with E-state index in [-0.39, 0.29) is 0 Å². The van der Waals surface area contributed by atoms with Crippen molar-refractivity contribution in [3.8, 4) is 11.1 Å². The van der Waals surface area contributed by atoms with Crippen LogP contribution >= 0.6 is 11.3 Å². The summed E-state index contributed by atoms with van der Waals surface area (Å²) in [4.78, 5) is 7.16. The number of thiophene rings is 1. The summed E-state index contributed by atoms with van der Waals surface area (Å²) in [6.07, 6.45) is 4.02. The van der Waals surface area contributed by atoms with Gasteiger partial charge in [-0.2, -0.15) is 0 Å². The number of hydrogen-bond donors (Lipinski definition) is 0. The topological polar surface area (TPSA) is 16.1 Å². The molecule has 2 nitrogen and oxygen atoms in total. The van der Waals surface area contributed by atoms with Gasteiger partial charge in [-0.1, -0.05) is 115 Å². The number of rotatable bonds is 4. The maximum atomic E-state index is 4.78. The van der Waals surface area contributed by atoms with Crippen molar-refractivity contribution in [3.63, 3.8) is 0 Å². The molecule has 0 atom stereocenters. The monoisotopic (exact) mass is 578 g/mol. The van der Waals surface area contributed by atoms with Crippen molar-refractivity contribution in [2.75, 3.05) is 4.90 Å². The first-order valence-corrected chi connectivity index (χ1v) is 15.7. The van der Waals surface area contributed by atoms with E-state index < -0.39 is 0 Å². The van der Waals surface area contributed by atoms with E-state index in [1.165, 1.54) is 63.6 Å². The van der Waals surface area contributed by atoms with Gasteiger partial charge >= 0.3 is 0 Å². The van der Waals surface area contributed by atoms with E-state index in [9.17, 15) is 0 Å². The van der Waals surface area contributed by atoms with Crippen LogP contribution in [0.15, 0.2) is 158 Å². The highest BCUT2D eigenvalue weighted by atomic mass is 32.1. The zero-order valence-corrected chi connectivity index (χ0v) is 24.6. The summed E-state index contributed by atoms with van der Waals surface area (Å²) in [6.45, 7) is 0. The van der Waals surface area contributed by atoms with Crippen molar-refractivity contribution in [3.05, 3.63) is 158 Å². The van der Waals surface area contributed by atoms with Crippen molar-refractivity contribution in [2.24, 2.45) is 0 Å². The molecule has 0 aliphatic carbocycles. The first-order chi connectivity index (χ1) is 21.8. The number of nitrogens with zero attached hydrogens (tertiary/aromatic N) is 2. The van der Waals surface area contributed by atoms with E-state index in [4.69, 9.17) is 4.98 Å². The van der Waals surface area contributed by atoms with Crippen LogP contribution in [0.1, 0.15) is 0 Å². The summed E-state index contributed by atoms with van der Waals surface area (Å²) in [5.41, 5.74) is 5.70. The minimum absolute atomic E-state index is 1.08. The van der Waals surface area contributed by atoms with Crippen LogP contribution in [0, 0.1) is 0 Å². The Labute approximate surface area is 259 Å². The Morgan fingerprint density at radius 1 is 0.432 bits per heavy atom. The van der Waals surface area contributed by atoms with E-state index >= 15 is 0 Å². The first-order valence-electron chi connectivity index (χ1n) is 14.9. The first kappa shape index (κ1) is 25.0. The van der Waals surface area contributed by atoms with E-state index in [0.717, 1.165) is 17.1 Å². The summed E-state index contributed by atoms with van der Waals surface area (Å²) in [6, 6.07) is 52.6. The lowest BCUT2D eigenvalue weighted by molar-refractivity contribution is 1.26. The molecule has 0 amide bonds. The highest BCUT2D eigenvalue weighted by molar-refractivity contribution is 7.26. The van der Waals surface area contributed by atoms with Gasteiger partial charge in [0.05, 0.1) is 16.6 Å². The van der Waals surface area contributed by atoms with Gasteiger partial charge in [0.2, 0.25) is 0 Å². The predicted octanol–water partition coefficient (Wildman–Crippen LogP) is 12.0. The number of aromatic nitrogens is 1. The maximum absolute atomic E-state index is 4.78. The van der Waals surface area contributed by atoms with Gasteiger partial charge in [-0.15, -0.1) is 11.3 Å². The summed E-state index contributed by atoms with van der Waals surface area (Å²) in [5, 5.41) is 10.00. The summed E-state index contributed by atoms with van der Waals surface area (Å²) in [5.74, 6) is 0. The quantitative estimate of drug-likeness (QED) is 0.193. The molecular formula is C41H26N2S. The zero-order chi connectivity index (χ0) is 29.0. The van der Waals surface area contributed by atoms with E-state index in [1.807, 2.05) is 23.7 Å². The standard InChI is InChI=1S/C41H26N2S/c1-2-8-27(9-3-1)28-14-19-31(20-15-28)43(39-26-42-25-38-36-12-6-7-13-40(36)44-41(38)39)32-21-16-30-18-22-34-33-11-5-4-10-29(33)17-23-35(34)37(30)24-32/h1-26H. The lowest BCUT2D eigenvalue weighted by Crippen LogP contribution is -2.10. The SMILES string of the molecule is c1ccc(-c2ccc(N(c3ccc4ccc5c6ccccc6ccc5c4c3)c3cncc4c3sc3ccccc34)cc2)cc1. The second kappa shape index (κ2) is 10.0. The van der Waals surface area contributed by atoms with Crippen molar-refractivity contribution in [2.45, 2.75) is 0 Å². The van der Waals surface area contributed by atoms with Gasteiger partial charge in [0.25, 0.3) is 0 Å². The molecule has 9 rings (SSSR count). The third-order valence-corrected chi connectivity index (χ3v) is 9.94. The van der Waals surface area contributed by atoms with Gasteiger partial charge < -0.3 is 4.90 Å². The number of benzene rings is 7. The van der Waals surface area contributed by atoms with Gasteiger partial charge in [-0.25, -0.2) is 0 Å². The lowest BCUT2D eigenvalue weighted by atomic mass is 9.96. The van der Waals surface area contributed by atoms with Crippen LogP contribution in [0.4, 0.5) is 17.1 Å². The van der Waals surface area contributed by atoms with Gasteiger partial charge in [0.15, 0.2) is 0 Å². The lowest BCUT2D eigenvalue weighted by Gasteiger charge is -2.26. The minimum atomic E-state index is 1.08. The molecule has 0 unspecified atom stereocenters. The van der Waals surface area contributed by atoms with Crippen LogP contribution in [0.2, 0.25) is 0 Å². The molecule has 2 heterocycles. The summed E-state index contributed by atoms with van der Waals surface area (Å²) < 4.78 is 2.50. The number of hydrogen-bond acceptors (Lipinski definition) is 3. The average molecular weight is 579 g/mol. The van der Waals surface area contributed by atoms with Crippen LogP contribution < -0.4 is 4.90 Å². The molecule has 0 spiro atoms. The highest BCUT2D eigenvalue weighted by Gasteiger charge is 2.19. The Bertz CT molecular complexity index is 2490. The molecule has 9 aromatic rings. The molecule has 7 aromatic carbocycles. The fourth-order valence-corrected chi connectivity index (χ4v) is 7.77. The van der Waals surface area contributed by atoms with Crippen molar-refractivity contribution in [1.29, 1.82) is 0 Å². The molecule has 0 fully saturated rings. The van der Waals surface area contributed by atoms with E-state index in [0.29, 0.717) is 0 Å². The summed E-state index contributed by atoms with van der Waals surface area (Å²) in [7, 11) is 0. The second-order valence-corrected chi connectivity index (χ2v) is 12.3. The smallest absolute Gasteiger partial charge is 0.0824 e. The molecule has 0 saturated heterocycles. The van der Waals surface area contributed by atoms with Crippen molar-refractivity contribution in [1.82, 2.24) is 4.98 Å². The average Bonchev–Trinajstić information content (AvgIpc) is 3.48. The highest BCUT2D eigenvalue weighted by Crippen LogP contribution is 2.45. The normalized spacial score (nSPS) is 11.6. The third kappa shape index (κ3) is 3.98. The third-order valence-electron chi connectivity index (χ3n) is 8.73. The largest absolute Gasteiger partial charge is 0.308 e. The molecule has 0 aliphatic rings. The minimum Gasteiger partial charge on any atom is -0.308 e. The molecule has 44 heavy (non-hydrogen) atoms. The van der Waals surface area contributed by atoms with Gasteiger partial charge in [0, 0.05) is 33.0 Å². The Morgan fingerprint density at radius 2 is 1.07 bits per heavy atom. The number of fused-ring (bicyclic) bond motifs is 8. The van der Waals surface area contributed by atoms with E-state index in [2.05, 4.69) is 150 Å². The van der Waals surface area contributed by atoms with Gasteiger partial charge in [-0.05, 0) is 73.8 Å². The Kier molecular flexibility index (Phi) is 5.71. The molecule has 0 saturated carbocycles. The van der Waals surface area contributed by atoms with Crippen LogP contribution in [-0.4, -0.2) is 4.98 Å². The molecule has 0 bridgehead atoms. The number of pyridine rings is 1. The Hall–Kier alpha value is -5.51. The fourth-order valence-electron chi connectivity index (χ4n) is 6.59. The second-order valence-electron chi connectivity index (χ2n) is 11.2. The van der Waals surface area contributed by atoms with Crippen LogP contribution in [0.25, 0.3) is 63.6 Å². The molecule has 0 aliphatic heterocycles. The Morgan fingerprint density at radius 3 is 1.91 bits per heavy atom. The molecule has 2 aromatic heterocycles. The van der Waals surface area contributed by atoms with Crippen LogP contribution in [0.5, 0.6) is 0 Å². The maximum Gasteiger partial charge on any atom is 0.0824 e. The van der Waals surface area contributed by atoms with Crippen molar-refractivity contribution >= 4 is 80.9 Å². The number of anilines is 3. The van der Waals surface area contributed by atoms with E-state index in [1.54, 1.807) is 0 Å². The van der Waals surface area contributed by atoms with Gasteiger partial charge in [-0.3, -0.25) is 4.98 Å². The van der Waals surface area contributed by atoms with Crippen molar-refractivity contribution < 1.29 is 0 Å². The predicted molar refractivity (Wildman–Crippen MR) is 190 cm³/mol. The molecule has 3 heteroatoms. The van der Waals surface area contributed by atoms with Crippen LogP contribution in [-0.2, 0) is 0 Å². The van der Waals surface area contributed by atoms with Crippen LogP contribution in [0.3, 0.4) is 0 Å². The summed E-state index contributed by atoms with van der Waals surface area (Å²) >= 11 is 1.83.